The van der Waals surface area contributed by atoms with Gasteiger partial charge in [-0.3, -0.25) is 0 Å². The van der Waals surface area contributed by atoms with Crippen LogP contribution in [0.1, 0.15) is 31.4 Å². The number of nitrogens with one attached hydrogen (secondary N) is 1. The van der Waals surface area contributed by atoms with Crippen LogP contribution in [0.25, 0.3) is 22.4 Å². The molecule has 0 unspecified atom stereocenters. The molecule has 0 spiro atoms. The molecule has 0 aliphatic carbocycles. The van der Waals surface area contributed by atoms with Gasteiger partial charge in [-0.05, 0) is 37.1 Å². The van der Waals surface area contributed by atoms with Crippen molar-refractivity contribution >= 4 is 60.1 Å². The predicted molar refractivity (Wildman–Crippen MR) is 172 cm³/mol. The number of hydrogen-bond acceptors (Lipinski definition) is 8. The van der Waals surface area contributed by atoms with Crippen LogP contribution in [0.5, 0.6) is 0 Å². The van der Waals surface area contributed by atoms with E-state index < -0.39 is 10.0 Å². The molecule has 0 atom stereocenters. The van der Waals surface area contributed by atoms with Crippen molar-refractivity contribution in [3.63, 3.8) is 0 Å². The highest BCUT2D eigenvalue weighted by Crippen LogP contribution is 2.35. The van der Waals surface area contributed by atoms with Gasteiger partial charge < -0.3 is 14.7 Å². The summed E-state index contributed by atoms with van der Waals surface area (Å²) in [6, 6.07) is 16.5. The van der Waals surface area contributed by atoms with Crippen molar-refractivity contribution in [2.45, 2.75) is 37.0 Å². The van der Waals surface area contributed by atoms with E-state index in [0.29, 0.717) is 0 Å². The Labute approximate surface area is 256 Å². The third kappa shape index (κ3) is 11.6. The fraction of sp³-hybridized carbons (Fsp3) is 0.444. The summed E-state index contributed by atoms with van der Waals surface area (Å²) in [6.45, 7) is 5.02. The quantitative estimate of drug-likeness (QED) is 0.118. The number of benzene rings is 2. The molecule has 0 aliphatic rings. The second kappa shape index (κ2) is 19.0. The van der Waals surface area contributed by atoms with E-state index in [1.807, 2.05) is 30.3 Å². The normalized spacial score (nSPS) is 11.3. The number of thiol groups is 2. The van der Waals surface area contributed by atoms with Crippen LogP contribution in [0.3, 0.4) is 0 Å². The van der Waals surface area contributed by atoms with Gasteiger partial charge in [0.2, 0.25) is 10.0 Å². The van der Waals surface area contributed by atoms with E-state index in [1.165, 1.54) is 12.1 Å². The molecule has 0 fully saturated rings. The van der Waals surface area contributed by atoms with Crippen LogP contribution in [-0.4, -0.2) is 62.7 Å². The van der Waals surface area contributed by atoms with Crippen LogP contribution in [0.2, 0.25) is 0 Å². The summed E-state index contributed by atoms with van der Waals surface area (Å²) in [4.78, 5) is 2.55. The highest BCUT2D eigenvalue weighted by molar-refractivity contribution is 7.89. The molecule has 7 nitrogen and oxygen atoms in total. The van der Waals surface area contributed by atoms with Crippen LogP contribution in [0.15, 0.2) is 64.0 Å². The fourth-order valence-electron chi connectivity index (χ4n) is 4.29. The highest BCUT2D eigenvalue weighted by Gasteiger charge is 2.20. The van der Waals surface area contributed by atoms with Crippen molar-refractivity contribution < 1.29 is 12.9 Å². The summed E-state index contributed by atoms with van der Waals surface area (Å²) in [6.07, 6.45) is 5.14. The predicted octanol–water partition coefficient (Wildman–Crippen LogP) is 5.35. The summed E-state index contributed by atoms with van der Waals surface area (Å²) in [5.41, 5.74) is 3.47. The molecular formula is C27H40Cl2N4O3S3. The lowest BCUT2D eigenvalue weighted by Crippen LogP contribution is -2.34. The molecule has 0 amide bonds. The molecule has 3 rings (SSSR count). The molecular weight excluding hydrogens is 595 g/mol. The Bertz CT molecular complexity index is 1180. The van der Waals surface area contributed by atoms with Gasteiger partial charge in [0.1, 0.15) is 11.5 Å². The lowest BCUT2D eigenvalue weighted by molar-refractivity contribution is 0.283. The topological polar surface area (TPSA) is 101 Å². The van der Waals surface area contributed by atoms with E-state index in [4.69, 9.17) is 9.66 Å². The maximum atomic E-state index is 11.7. The van der Waals surface area contributed by atoms with Crippen LogP contribution in [0, 0.1) is 0 Å². The number of rotatable bonds is 17. The largest absolute Gasteiger partial charge is 0.360 e. The van der Waals surface area contributed by atoms with Crippen LogP contribution in [0.4, 0.5) is 0 Å². The molecule has 2 aromatic carbocycles. The Morgan fingerprint density at radius 1 is 0.821 bits per heavy atom. The number of unbranched alkanes of at least 4 members (excludes halogenated alkanes) is 3. The molecule has 3 N–H and O–H groups in total. The molecule has 3 aromatic rings. The fourth-order valence-corrected chi connectivity index (χ4v) is 5.25. The summed E-state index contributed by atoms with van der Waals surface area (Å²) in [5.74, 6) is 2.53. The van der Waals surface area contributed by atoms with E-state index in [0.717, 1.165) is 104 Å². The minimum atomic E-state index is -3.76. The maximum absolute atomic E-state index is 11.7. The minimum Gasteiger partial charge on any atom is -0.360 e. The standard InChI is InChI=1S/C27H38N4O3S3.2ClH/c28-37(32,33)24-13-11-22(12-14-24)26-25(34-30-27(26)23-8-4-3-5-9-23)10-6-1-2-7-17-31(19-21-36)18-15-29-16-20-35;;/h3-5,8-9,11-14,29,35-36H,1-2,6-7,10,15-21H2,(H2,28,32,33);2*1H. The van der Waals surface area contributed by atoms with Crippen molar-refractivity contribution in [3.8, 4) is 22.4 Å². The van der Waals surface area contributed by atoms with Gasteiger partial charge in [0, 0.05) is 49.7 Å². The summed E-state index contributed by atoms with van der Waals surface area (Å²) in [7, 11) is -3.76. The lowest BCUT2D eigenvalue weighted by atomic mass is 9.97. The molecule has 0 saturated heterocycles. The number of primary sulfonamides is 1. The molecule has 1 aromatic heterocycles. The summed E-state index contributed by atoms with van der Waals surface area (Å²) < 4.78 is 29.2. The Hall–Kier alpha value is -1.24. The minimum absolute atomic E-state index is 0. The van der Waals surface area contributed by atoms with E-state index in [-0.39, 0.29) is 29.7 Å². The molecule has 218 valence electrons. The zero-order valence-electron chi connectivity index (χ0n) is 22.0. The van der Waals surface area contributed by atoms with Gasteiger partial charge in [0.25, 0.3) is 0 Å². The number of nitrogens with zero attached hydrogens (tertiary/aromatic N) is 2. The SMILES string of the molecule is Cl.Cl.NS(=O)(=O)c1ccc(-c2c(-c3ccccc3)noc2CCCCCCN(CCS)CCNCCS)cc1. The van der Waals surface area contributed by atoms with Gasteiger partial charge in [-0.1, -0.05) is 60.5 Å². The van der Waals surface area contributed by atoms with Gasteiger partial charge in [-0.25, -0.2) is 13.6 Å². The van der Waals surface area contributed by atoms with Gasteiger partial charge >= 0.3 is 0 Å². The van der Waals surface area contributed by atoms with E-state index in [1.54, 1.807) is 12.1 Å². The molecule has 0 saturated carbocycles. The number of hydrogen-bond donors (Lipinski definition) is 4. The van der Waals surface area contributed by atoms with Crippen molar-refractivity contribution in [3.05, 3.63) is 60.4 Å². The third-order valence-corrected chi connectivity index (χ3v) is 7.57. The third-order valence-electron chi connectivity index (χ3n) is 6.22. The first kappa shape index (κ1) is 35.8. The molecule has 0 bridgehead atoms. The number of nitrogens with two attached hydrogens (primary N) is 1. The first-order valence-corrected chi connectivity index (χ1v) is 15.6. The van der Waals surface area contributed by atoms with E-state index in [9.17, 15) is 8.42 Å². The van der Waals surface area contributed by atoms with Crippen molar-refractivity contribution in [1.82, 2.24) is 15.4 Å². The average Bonchev–Trinajstić information content (AvgIpc) is 3.32. The smallest absolute Gasteiger partial charge is 0.238 e. The molecule has 0 radical (unpaired) electrons. The highest BCUT2D eigenvalue weighted by atomic mass is 35.5. The van der Waals surface area contributed by atoms with Crippen LogP contribution < -0.4 is 10.5 Å². The Morgan fingerprint density at radius 2 is 1.51 bits per heavy atom. The number of aryl methyl sites for hydroxylation is 1. The zero-order valence-corrected chi connectivity index (χ0v) is 26.2. The monoisotopic (exact) mass is 634 g/mol. The molecule has 12 heteroatoms. The van der Waals surface area contributed by atoms with Crippen molar-refractivity contribution in [2.75, 3.05) is 44.2 Å². The van der Waals surface area contributed by atoms with Gasteiger partial charge in [-0.2, -0.15) is 25.3 Å². The van der Waals surface area contributed by atoms with Gasteiger partial charge in [-0.15, -0.1) is 24.8 Å². The average molecular weight is 636 g/mol. The Morgan fingerprint density at radius 3 is 2.15 bits per heavy atom. The first-order chi connectivity index (χ1) is 17.9. The van der Waals surface area contributed by atoms with Crippen molar-refractivity contribution in [1.29, 1.82) is 0 Å². The number of sulfonamides is 1. The Balaban J connectivity index is 0.00000380. The summed E-state index contributed by atoms with van der Waals surface area (Å²) in [5, 5.41) is 13.1. The van der Waals surface area contributed by atoms with Crippen LogP contribution in [-0.2, 0) is 16.4 Å². The Kier molecular flexibility index (Phi) is 17.4. The number of aromatic nitrogens is 1. The van der Waals surface area contributed by atoms with E-state index >= 15 is 0 Å². The van der Waals surface area contributed by atoms with Gasteiger partial charge in [0.05, 0.1) is 10.5 Å². The molecule has 0 aliphatic heterocycles. The van der Waals surface area contributed by atoms with E-state index in [2.05, 4.69) is 40.6 Å². The second-order valence-corrected chi connectivity index (χ2v) is 11.4. The first-order valence-electron chi connectivity index (χ1n) is 12.8. The van der Waals surface area contributed by atoms with Crippen LogP contribution >= 0.6 is 50.1 Å². The van der Waals surface area contributed by atoms with Crippen molar-refractivity contribution in [2.24, 2.45) is 5.14 Å². The second-order valence-electron chi connectivity index (χ2n) is 8.97. The lowest BCUT2D eigenvalue weighted by Gasteiger charge is -2.21. The number of halogens is 2. The zero-order chi connectivity index (χ0) is 26.5. The molecule has 39 heavy (non-hydrogen) atoms. The maximum Gasteiger partial charge on any atom is 0.238 e. The van der Waals surface area contributed by atoms with Gasteiger partial charge in [0.15, 0.2) is 0 Å². The summed E-state index contributed by atoms with van der Waals surface area (Å²) >= 11 is 8.64. The molecule has 1 heterocycles.